The number of benzene rings is 11. The molecule has 14 rings (SSSR count). The quantitative estimate of drug-likeness (QED) is 0.156. The van der Waals surface area contributed by atoms with Crippen LogP contribution in [0.2, 0.25) is 0 Å². The fourth-order valence-corrected chi connectivity index (χ4v) is 12.7. The van der Waals surface area contributed by atoms with Crippen molar-refractivity contribution < 1.29 is 0 Å². The first-order valence-corrected chi connectivity index (χ1v) is 23.3. The first-order valence-electron chi connectivity index (χ1n) is 22.5. The van der Waals surface area contributed by atoms with E-state index in [0.717, 1.165) is 17.1 Å². The molecule has 2 aliphatic rings. The Balaban J connectivity index is 1.12. The van der Waals surface area contributed by atoms with Crippen molar-refractivity contribution in [3.05, 3.63) is 259 Å². The van der Waals surface area contributed by atoms with Crippen LogP contribution in [-0.4, -0.2) is 0 Å². The van der Waals surface area contributed by atoms with Crippen molar-refractivity contribution in [2.24, 2.45) is 0 Å². The van der Waals surface area contributed by atoms with Gasteiger partial charge in [-0.2, -0.15) is 0 Å². The van der Waals surface area contributed by atoms with E-state index in [4.69, 9.17) is 0 Å². The standard InChI is InChI=1S/C63H39NS/c1-2-17-40(18-3-1)41-20-16-21-43(37-41)64(44-33-34-51-50-27-10-14-31-56(50)63(57(51)39-44)54-29-12-8-25-48(54)49-26-9-13-30-55(49)63)58-35-36-60-62(52-28-11-15-32-59(52)65-60)61(58)53-38-42-19-4-5-22-45(42)46-23-6-7-24-47(46)53/h1-39H. The van der Waals surface area contributed by atoms with Crippen LogP contribution in [0.3, 0.4) is 0 Å². The molecule has 0 unspecified atom stereocenters. The molecule has 2 aliphatic carbocycles. The van der Waals surface area contributed by atoms with Gasteiger partial charge in [0.1, 0.15) is 0 Å². The number of thiophene rings is 1. The lowest BCUT2D eigenvalue weighted by Gasteiger charge is -2.33. The van der Waals surface area contributed by atoms with E-state index in [0.29, 0.717) is 0 Å². The molecule has 0 bridgehead atoms. The fraction of sp³-hybridized carbons (Fsp3) is 0.0159. The van der Waals surface area contributed by atoms with E-state index in [-0.39, 0.29) is 0 Å². The molecule has 1 heterocycles. The van der Waals surface area contributed by atoms with Gasteiger partial charge in [-0.3, -0.25) is 0 Å². The molecule has 0 aliphatic heterocycles. The van der Waals surface area contributed by atoms with Gasteiger partial charge in [-0.15, -0.1) is 11.3 Å². The summed E-state index contributed by atoms with van der Waals surface area (Å²) in [5.41, 5.74) is 18.3. The molecule has 0 saturated heterocycles. The van der Waals surface area contributed by atoms with Crippen LogP contribution in [0.1, 0.15) is 22.3 Å². The second kappa shape index (κ2) is 14.0. The smallest absolute Gasteiger partial charge is 0.0726 e. The molecular formula is C63H39NS. The predicted molar refractivity (Wildman–Crippen MR) is 276 cm³/mol. The largest absolute Gasteiger partial charge is 0.310 e. The van der Waals surface area contributed by atoms with E-state index in [2.05, 4.69) is 241 Å². The third-order valence-corrected chi connectivity index (χ3v) is 15.4. The van der Waals surface area contributed by atoms with Crippen molar-refractivity contribution in [1.82, 2.24) is 0 Å². The van der Waals surface area contributed by atoms with E-state index in [1.54, 1.807) is 0 Å². The van der Waals surface area contributed by atoms with Gasteiger partial charge in [-0.1, -0.05) is 188 Å². The van der Waals surface area contributed by atoms with Crippen molar-refractivity contribution in [2.75, 3.05) is 4.90 Å². The van der Waals surface area contributed by atoms with E-state index < -0.39 is 5.41 Å². The summed E-state index contributed by atoms with van der Waals surface area (Å²) in [5.74, 6) is 0. The molecule has 0 amide bonds. The molecule has 1 nitrogen and oxygen atoms in total. The van der Waals surface area contributed by atoms with Gasteiger partial charge >= 0.3 is 0 Å². The zero-order valence-electron chi connectivity index (χ0n) is 35.4. The molecule has 1 spiro atoms. The van der Waals surface area contributed by atoms with E-state index >= 15 is 0 Å². The highest BCUT2D eigenvalue weighted by Crippen LogP contribution is 2.63. The first-order chi connectivity index (χ1) is 32.3. The summed E-state index contributed by atoms with van der Waals surface area (Å²) in [6.45, 7) is 0. The second-order valence-corrected chi connectivity index (χ2v) is 18.6. The minimum atomic E-state index is -0.475. The Kier molecular flexibility index (Phi) is 7.84. The van der Waals surface area contributed by atoms with E-state index in [1.807, 2.05) is 11.3 Å². The van der Waals surface area contributed by atoms with Gasteiger partial charge in [0, 0.05) is 37.1 Å². The summed E-state index contributed by atoms with van der Waals surface area (Å²) in [5, 5.41) is 7.58. The van der Waals surface area contributed by atoms with Crippen LogP contribution in [0.5, 0.6) is 0 Å². The average molecular weight is 842 g/mol. The maximum atomic E-state index is 2.56. The third kappa shape index (κ3) is 5.14. The Morgan fingerprint density at radius 2 is 0.892 bits per heavy atom. The Morgan fingerprint density at radius 3 is 1.63 bits per heavy atom. The summed E-state index contributed by atoms with van der Waals surface area (Å²) in [6, 6.07) is 88.5. The van der Waals surface area contributed by atoms with E-state index in [9.17, 15) is 0 Å². The monoisotopic (exact) mass is 841 g/mol. The van der Waals surface area contributed by atoms with Gasteiger partial charge in [0.25, 0.3) is 0 Å². The molecule has 1 aromatic heterocycles. The lowest BCUT2D eigenvalue weighted by molar-refractivity contribution is 0.793. The van der Waals surface area contributed by atoms with Gasteiger partial charge in [0.15, 0.2) is 0 Å². The number of hydrogen-bond donors (Lipinski definition) is 0. The number of anilines is 3. The number of hydrogen-bond acceptors (Lipinski definition) is 2. The minimum Gasteiger partial charge on any atom is -0.310 e. The Morgan fingerprint density at radius 1 is 0.323 bits per heavy atom. The lowest BCUT2D eigenvalue weighted by Crippen LogP contribution is -2.26. The average Bonchev–Trinajstić information content (AvgIpc) is 4.01. The van der Waals surface area contributed by atoms with Crippen molar-refractivity contribution in [3.8, 4) is 44.5 Å². The van der Waals surface area contributed by atoms with Crippen molar-refractivity contribution >= 4 is 70.1 Å². The summed E-state index contributed by atoms with van der Waals surface area (Å²) in [4.78, 5) is 2.56. The maximum Gasteiger partial charge on any atom is 0.0726 e. The summed E-state index contributed by atoms with van der Waals surface area (Å²) < 4.78 is 2.57. The summed E-state index contributed by atoms with van der Waals surface area (Å²) >= 11 is 1.88. The van der Waals surface area contributed by atoms with Gasteiger partial charge < -0.3 is 4.90 Å². The molecule has 2 heteroatoms. The van der Waals surface area contributed by atoms with Gasteiger partial charge in [-0.05, 0) is 131 Å². The third-order valence-electron chi connectivity index (χ3n) is 14.3. The van der Waals surface area contributed by atoms with Crippen LogP contribution in [0.25, 0.3) is 86.2 Å². The van der Waals surface area contributed by atoms with Crippen molar-refractivity contribution in [2.45, 2.75) is 5.41 Å². The molecule has 0 radical (unpaired) electrons. The van der Waals surface area contributed by atoms with Crippen molar-refractivity contribution in [3.63, 3.8) is 0 Å². The van der Waals surface area contributed by atoms with E-state index in [1.165, 1.54) is 108 Å². The first kappa shape index (κ1) is 36.4. The topological polar surface area (TPSA) is 3.24 Å². The van der Waals surface area contributed by atoms with Crippen molar-refractivity contribution in [1.29, 1.82) is 0 Å². The summed E-state index contributed by atoms with van der Waals surface area (Å²) in [7, 11) is 0. The molecule has 0 N–H and O–H groups in total. The number of nitrogens with zero attached hydrogens (tertiary/aromatic N) is 1. The van der Waals surface area contributed by atoms with Gasteiger partial charge in [0.05, 0.1) is 11.1 Å². The van der Waals surface area contributed by atoms with Crippen LogP contribution in [-0.2, 0) is 5.41 Å². The molecule has 65 heavy (non-hydrogen) atoms. The zero-order valence-corrected chi connectivity index (χ0v) is 36.2. The molecule has 0 fully saturated rings. The van der Waals surface area contributed by atoms with Gasteiger partial charge in [0.2, 0.25) is 0 Å². The van der Waals surface area contributed by atoms with Crippen LogP contribution in [0, 0.1) is 0 Å². The molecule has 0 saturated carbocycles. The normalized spacial score (nSPS) is 13.0. The highest BCUT2D eigenvalue weighted by molar-refractivity contribution is 7.26. The number of fused-ring (bicyclic) bond motifs is 16. The molecule has 302 valence electrons. The highest BCUT2D eigenvalue weighted by atomic mass is 32.1. The van der Waals surface area contributed by atoms with Crippen LogP contribution in [0.15, 0.2) is 237 Å². The molecular weight excluding hydrogens is 803 g/mol. The lowest BCUT2D eigenvalue weighted by atomic mass is 9.70. The minimum absolute atomic E-state index is 0.475. The Bertz CT molecular complexity index is 3850. The molecule has 12 aromatic rings. The van der Waals surface area contributed by atoms with Crippen LogP contribution in [0.4, 0.5) is 17.1 Å². The highest BCUT2D eigenvalue weighted by Gasteiger charge is 2.51. The van der Waals surface area contributed by atoms with Crippen LogP contribution < -0.4 is 4.90 Å². The predicted octanol–water partition coefficient (Wildman–Crippen LogP) is 17.5. The van der Waals surface area contributed by atoms with Gasteiger partial charge in [-0.25, -0.2) is 0 Å². The Hall–Kier alpha value is -8.04. The molecule has 11 aromatic carbocycles. The van der Waals surface area contributed by atoms with Crippen LogP contribution >= 0.6 is 11.3 Å². The Labute approximate surface area is 381 Å². The number of rotatable bonds is 5. The second-order valence-electron chi connectivity index (χ2n) is 17.5. The fourth-order valence-electron chi connectivity index (χ4n) is 11.6. The molecule has 0 atom stereocenters. The maximum absolute atomic E-state index is 2.56. The summed E-state index contributed by atoms with van der Waals surface area (Å²) in [6.07, 6.45) is 0. The SMILES string of the molecule is c1ccc(-c2cccc(N(c3ccc4c(c3)C3(c5ccccc5-c5ccccc53)c3ccccc3-4)c3ccc4sc5ccccc5c4c3-c3cc4ccccc4c4ccccc34)c2)cc1. The zero-order chi connectivity index (χ0) is 42.6.